The number of hydrogen-bond acceptors (Lipinski definition) is 4. The van der Waals surface area contributed by atoms with E-state index in [0.29, 0.717) is 24.4 Å². The van der Waals surface area contributed by atoms with Gasteiger partial charge in [0.15, 0.2) is 0 Å². The lowest BCUT2D eigenvalue weighted by atomic mass is 10.1. The van der Waals surface area contributed by atoms with Crippen molar-refractivity contribution in [2.75, 3.05) is 13.2 Å². The molecule has 0 fully saturated rings. The summed E-state index contributed by atoms with van der Waals surface area (Å²) in [5, 5.41) is 8.93. The van der Waals surface area contributed by atoms with Crippen molar-refractivity contribution in [2.24, 2.45) is 0 Å². The molecule has 6 nitrogen and oxygen atoms in total. The molecule has 1 aliphatic rings. The summed E-state index contributed by atoms with van der Waals surface area (Å²) in [7, 11) is 0. The maximum atomic E-state index is 12.3. The van der Waals surface area contributed by atoms with Crippen LogP contribution in [-0.4, -0.2) is 40.8 Å². The van der Waals surface area contributed by atoms with Gasteiger partial charge in [-0.05, 0) is 32.9 Å². The van der Waals surface area contributed by atoms with Crippen molar-refractivity contribution in [1.29, 1.82) is 0 Å². The zero-order valence-corrected chi connectivity index (χ0v) is 12.8. The smallest absolute Gasteiger partial charge is 0.415 e. The fourth-order valence-corrected chi connectivity index (χ4v) is 1.98. The highest BCUT2D eigenvalue weighted by Gasteiger charge is 2.27. The topological polar surface area (TPSA) is 76.1 Å². The number of carbonyl (C=O) groups is 2. The van der Waals surface area contributed by atoms with E-state index >= 15 is 0 Å². The Morgan fingerprint density at radius 3 is 2.41 bits per heavy atom. The zero-order chi connectivity index (χ0) is 16.3. The van der Waals surface area contributed by atoms with E-state index in [4.69, 9.17) is 14.6 Å². The van der Waals surface area contributed by atoms with Gasteiger partial charge in [-0.25, -0.2) is 9.59 Å². The van der Waals surface area contributed by atoms with Gasteiger partial charge in [0, 0.05) is 5.56 Å². The molecule has 0 bridgehead atoms. The monoisotopic (exact) mass is 305 g/mol. The van der Waals surface area contributed by atoms with Crippen LogP contribution in [0.1, 0.15) is 36.7 Å². The number of carboxylic acid groups (broad SMARTS) is 1. The predicted octanol–water partition coefficient (Wildman–Crippen LogP) is 2.95. The summed E-state index contributed by atoms with van der Waals surface area (Å²) in [6.07, 6.45) is 1.03. The highest BCUT2D eigenvalue weighted by molar-refractivity contribution is 5.88. The first kappa shape index (κ1) is 15.9. The van der Waals surface area contributed by atoms with Crippen LogP contribution < -0.4 is 0 Å². The van der Waals surface area contributed by atoms with Crippen LogP contribution in [0.5, 0.6) is 0 Å². The van der Waals surface area contributed by atoms with Crippen molar-refractivity contribution in [3.63, 3.8) is 0 Å². The third-order valence-electron chi connectivity index (χ3n) is 2.96. The number of ether oxygens (including phenoxy) is 2. The lowest BCUT2D eigenvalue weighted by molar-refractivity contribution is 0.0296. The van der Waals surface area contributed by atoms with Crippen LogP contribution in [0.3, 0.4) is 0 Å². The first-order chi connectivity index (χ1) is 10.3. The van der Waals surface area contributed by atoms with Gasteiger partial charge < -0.3 is 14.6 Å². The lowest BCUT2D eigenvalue weighted by Gasteiger charge is -2.31. The van der Waals surface area contributed by atoms with Crippen molar-refractivity contribution < 1.29 is 24.2 Å². The Hall–Kier alpha value is -2.50. The van der Waals surface area contributed by atoms with Gasteiger partial charge in [-0.15, -0.1) is 0 Å². The van der Waals surface area contributed by atoms with E-state index in [1.54, 1.807) is 32.9 Å². The molecule has 22 heavy (non-hydrogen) atoms. The molecular formula is C16H19NO5. The first-order valence-electron chi connectivity index (χ1n) is 6.94. The van der Waals surface area contributed by atoms with Gasteiger partial charge in [-0.1, -0.05) is 12.1 Å². The molecule has 0 saturated heterocycles. The van der Waals surface area contributed by atoms with E-state index in [1.165, 1.54) is 23.3 Å². The van der Waals surface area contributed by atoms with E-state index in [0.717, 1.165) is 0 Å². The zero-order valence-electron chi connectivity index (χ0n) is 12.8. The Bertz CT molecular complexity index is 598. The average Bonchev–Trinajstić information content (AvgIpc) is 2.45. The van der Waals surface area contributed by atoms with Crippen LogP contribution in [-0.2, 0) is 9.47 Å². The van der Waals surface area contributed by atoms with Gasteiger partial charge in [0.1, 0.15) is 18.5 Å². The van der Waals surface area contributed by atoms with E-state index in [9.17, 15) is 9.59 Å². The van der Waals surface area contributed by atoms with Gasteiger partial charge >= 0.3 is 12.1 Å². The molecule has 2 rings (SSSR count). The van der Waals surface area contributed by atoms with Crippen LogP contribution in [0.15, 0.2) is 30.5 Å². The number of rotatable bonds is 2. The normalized spacial score (nSPS) is 14.9. The fraction of sp³-hybridized carbons (Fsp3) is 0.375. The molecule has 0 radical (unpaired) electrons. The number of nitrogens with zero attached hydrogens (tertiary/aromatic N) is 1. The number of hydrogen-bond donors (Lipinski definition) is 1. The van der Waals surface area contributed by atoms with Gasteiger partial charge in [0.05, 0.1) is 17.8 Å². The lowest BCUT2D eigenvalue weighted by Crippen LogP contribution is -2.39. The molecule has 1 aromatic carbocycles. The molecule has 6 heteroatoms. The Morgan fingerprint density at radius 1 is 1.23 bits per heavy atom. The number of carboxylic acids is 1. The standard InChI is InChI=1S/C16H19NO5/c1-16(2,3)22-15(20)17-8-9-21-10-13(17)11-4-6-12(7-5-11)14(18)19/h4-7,10H,8-9H2,1-3H3,(H,18,19). The Balaban J connectivity index is 2.25. The first-order valence-corrected chi connectivity index (χ1v) is 6.94. The van der Waals surface area contributed by atoms with Crippen LogP contribution in [0.25, 0.3) is 5.70 Å². The molecule has 0 aliphatic carbocycles. The second-order valence-corrected chi connectivity index (χ2v) is 5.89. The van der Waals surface area contributed by atoms with Crippen molar-refractivity contribution in [2.45, 2.75) is 26.4 Å². The third-order valence-corrected chi connectivity index (χ3v) is 2.96. The summed E-state index contributed by atoms with van der Waals surface area (Å²) < 4.78 is 10.7. The van der Waals surface area contributed by atoms with Gasteiger partial charge in [0.25, 0.3) is 0 Å². The average molecular weight is 305 g/mol. The molecule has 1 aliphatic heterocycles. The van der Waals surface area contributed by atoms with Crippen molar-refractivity contribution >= 4 is 17.8 Å². The molecule has 118 valence electrons. The van der Waals surface area contributed by atoms with Gasteiger partial charge in [-0.3, -0.25) is 4.90 Å². The fourth-order valence-electron chi connectivity index (χ4n) is 1.98. The summed E-state index contributed by atoms with van der Waals surface area (Å²) >= 11 is 0. The minimum Gasteiger partial charge on any atom is -0.497 e. The Morgan fingerprint density at radius 2 is 1.86 bits per heavy atom. The van der Waals surface area contributed by atoms with Crippen molar-refractivity contribution in [3.05, 3.63) is 41.7 Å². The molecule has 0 unspecified atom stereocenters. The Kier molecular flexibility index (Phi) is 4.40. The summed E-state index contributed by atoms with van der Waals surface area (Å²) in [6.45, 7) is 6.17. The molecule has 1 heterocycles. The van der Waals surface area contributed by atoms with Crippen LogP contribution in [0.4, 0.5) is 4.79 Å². The second-order valence-electron chi connectivity index (χ2n) is 5.89. The highest BCUT2D eigenvalue weighted by Crippen LogP contribution is 2.25. The van der Waals surface area contributed by atoms with Gasteiger partial charge in [-0.2, -0.15) is 0 Å². The van der Waals surface area contributed by atoms with E-state index in [2.05, 4.69) is 0 Å². The van der Waals surface area contributed by atoms with Crippen molar-refractivity contribution in [1.82, 2.24) is 4.90 Å². The summed E-state index contributed by atoms with van der Waals surface area (Å²) in [4.78, 5) is 24.7. The number of amides is 1. The Labute approximate surface area is 128 Å². The quantitative estimate of drug-likeness (QED) is 0.909. The predicted molar refractivity (Wildman–Crippen MR) is 80.3 cm³/mol. The molecule has 1 N–H and O–H groups in total. The van der Waals surface area contributed by atoms with Gasteiger partial charge in [0.2, 0.25) is 0 Å². The second kappa shape index (κ2) is 6.09. The highest BCUT2D eigenvalue weighted by atomic mass is 16.6. The number of carbonyl (C=O) groups excluding carboxylic acids is 1. The summed E-state index contributed by atoms with van der Waals surface area (Å²) in [6, 6.07) is 6.25. The molecule has 1 aromatic rings. The molecule has 0 atom stereocenters. The SMILES string of the molecule is CC(C)(C)OC(=O)N1CCOC=C1c1ccc(C(=O)O)cc1. The van der Waals surface area contributed by atoms with Crippen LogP contribution >= 0.6 is 0 Å². The van der Waals surface area contributed by atoms with E-state index in [1.807, 2.05) is 0 Å². The molecule has 1 amide bonds. The summed E-state index contributed by atoms with van der Waals surface area (Å²) in [5.41, 5.74) is 0.839. The molecular weight excluding hydrogens is 286 g/mol. The molecule has 0 saturated carbocycles. The minimum absolute atomic E-state index is 0.185. The minimum atomic E-state index is -0.996. The van der Waals surface area contributed by atoms with Crippen molar-refractivity contribution in [3.8, 4) is 0 Å². The number of benzene rings is 1. The summed E-state index contributed by atoms with van der Waals surface area (Å²) in [5.74, 6) is -0.996. The number of aromatic carboxylic acids is 1. The van der Waals surface area contributed by atoms with Crippen LogP contribution in [0.2, 0.25) is 0 Å². The molecule has 0 aromatic heterocycles. The maximum Gasteiger partial charge on any atom is 0.415 e. The third kappa shape index (κ3) is 3.78. The van der Waals surface area contributed by atoms with E-state index in [-0.39, 0.29) is 5.56 Å². The molecule has 0 spiro atoms. The maximum absolute atomic E-state index is 12.3. The largest absolute Gasteiger partial charge is 0.497 e. The van der Waals surface area contributed by atoms with E-state index < -0.39 is 17.7 Å². The van der Waals surface area contributed by atoms with Crippen LogP contribution in [0, 0.1) is 0 Å².